The van der Waals surface area contributed by atoms with E-state index < -0.39 is 4.92 Å². The molecule has 0 bridgehead atoms. The summed E-state index contributed by atoms with van der Waals surface area (Å²) >= 11 is 1.49. The molecule has 118 valence electrons. The van der Waals surface area contributed by atoms with Crippen LogP contribution in [-0.2, 0) is 4.74 Å². The van der Waals surface area contributed by atoms with Crippen molar-refractivity contribution >= 4 is 23.1 Å². The Morgan fingerprint density at radius 2 is 2.17 bits per heavy atom. The fraction of sp³-hybridized carbons (Fsp3) is 0.214. The molecule has 8 nitrogen and oxygen atoms in total. The van der Waals surface area contributed by atoms with Crippen LogP contribution in [0.15, 0.2) is 41.6 Å². The lowest BCUT2D eigenvalue weighted by Gasteiger charge is -2.03. The molecule has 0 fully saturated rings. The number of nitro benzene ring substituents is 1. The molecule has 0 unspecified atom stereocenters. The normalized spacial score (nSPS) is 11.0. The SMILES string of the molecule is COCCSc1nnc2ccc(-c3cccc([N+](=O)[O-])c3)nn12. The van der Waals surface area contributed by atoms with Crippen molar-refractivity contribution in [2.75, 3.05) is 19.5 Å². The molecule has 0 aliphatic heterocycles. The van der Waals surface area contributed by atoms with Crippen molar-refractivity contribution in [1.29, 1.82) is 0 Å². The van der Waals surface area contributed by atoms with E-state index in [2.05, 4.69) is 15.3 Å². The number of fused-ring (bicyclic) bond motifs is 1. The first-order valence-corrected chi connectivity index (χ1v) is 7.76. The van der Waals surface area contributed by atoms with Gasteiger partial charge in [-0.05, 0) is 12.1 Å². The number of rotatable bonds is 6. The fourth-order valence-corrected chi connectivity index (χ4v) is 2.80. The summed E-state index contributed by atoms with van der Waals surface area (Å²) in [5.74, 6) is 0.736. The first-order valence-electron chi connectivity index (χ1n) is 6.78. The molecule has 0 aliphatic rings. The molecule has 2 aromatic heterocycles. The second-order valence-electron chi connectivity index (χ2n) is 4.62. The molecule has 0 saturated carbocycles. The number of ether oxygens (including phenoxy) is 1. The van der Waals surface area contributed by atoms with E-state index in [1.807, 2.05) is 0 Å². The van der Waals surface area contributed by atoms with Crippen LogP contribution < -0.4 is 0 Å². The molecule has 0 atom stereocenters. The van der Waals surface area contributed by atoms with E-state index in [-0.39, 0.29) is 5.69 Å². The van der Waals surface area contributed by atoms with Crippen LogP contribution in [0.1, 0.15) is 0 Å². The van der Waals surface area contributed by atoms with Crippen molar-refractivity contribution in [1.82, 2.24) is 19.8 Å². The number of nitrogens with zero attached hydrogens (tertiary/aromatic N) is 5. The topological polar surface area (TPSA) is 95.5 Å². The van der Waals surface area contributed by atoms with Gasteiger partial charge in [0.05, 0.1) is 17.2 Å². The Morgan fingerprint density at radius 1 is 1.30 bits per heavy atom. The highest BCUT2D eigenvalue weighted by atomic mass is 32.2. The van der Waals surface area contributed by atoms with Crippen LogP contribution in [0, 0.1) is 10.1 Å². The number of hydrogen-bond donors (Lipinski definition) is 0. The Kier molecular flexibility index (Phi) is 4.49. The average molecular weight is 331 g/mol. The monoisotopic (exact) mass is 331 g/mol. The summed E-state index contributed by atoms with van der Waals surface area (Å²) in [4.78, 5) is 10.5. The summed E-state index contributed by atoms with van der Waals surface area (Å²) in [5.41, 5.74) is 1.94. The van der Waals surface area contributed by atoms with Crippen LogP contribution in [0.4, 0.5) is 5.69 Å². The van der Waals surface area contributed by atoms with E-state index in [0.717, 1.165) is 5.75 Å². The van der Waals surface area contributed by atoms with E-state index in [0.29, 0.717) is 28.7 Å². The molecule has 3 aromatic rings. The zero-order valence-corrected chi connectivity index (χ0v) is 13.1. The van der Waals surface area contributed by atoms with Crippen molar-refractivity contribution in [2.45, 2.75) is 5.16 Å². The minimum absolute atomic E-state index is 0.0304. The van der Waals surface area contributed by atoms with Crippen LogP contribution in [0.2, 0.25) is 0 Å². The van der Waals surface area contributed by atoms with Crippen molar-refractivity contribution in [3.05, 3.63) is 46.5 Å². The molecule has 3 rings (SSSR count). The lowest BCUT2D eigenvalue weighted by Crippen LogP contribution is -1.98. The van der Waals surface area contributed by atoms with Gasteiger partial charge in [0.15, 0.2) is 5.65 Å². The zero-order chi connectivity index (χ0) is 16.2. The second-order valence-corrected chi connectivity index (χ2v) is 5.68. The molecule has 1 aromatic carbocycles. The summed E-state index contributed by atoms with van der Waals surface area (Å²) in [6, 6.07) is 9.92. The highest BCUT2D eigenvalue weighted by molar-refractivity contribution is 7.99. The van der Waals surface area contributed by atoms with Crippen molar-refractivity contribution in [2.24, 2.45) is 0 Å². The largest absolute Gasteiger partial charge is 0.384 e. The third-order valence-electron chi connectivity index (χ3n) is 3.11. The molecule has 2 heterocycles. The van der Waals surface area contributed by atoms with Gasteiger partial charge in [0.25, 0.3) is 5.69 Å². The number of thioether (sulfide) groups is 1. The number of methoxy groups -OCH3 is 1. The van der Waals surface area contributed by atoms with Gasteiger partial charge in [-0.15, -0.1) is 10.2 Å². The Balaban J connectivity index is 1.97. The molecule has 0 radical (unpaired) electrons. The number of hydrogen-bond acceptors (Lipinski definition) is 7. The van der Waals surface area contributed by atoms with Gasteiger partial charge in [-0.25, -0.2) is 0 Å². The second kappa shape index (κ2) is 6.71. The summed E-state index contributed by atoms with van der Waals surface area (Å²) in [7, 11) is 1.64. The average Bonchev–Trinajstić information content (AvgIpc) is 2.97. The van der Waals surface area contributed by atoms with Crippen LogP contribution in [0.25, 0.3) is 16.9 Å². The van der Waals surface area contributed by atoms with Crippen molar-refractivity contribution in [3.8, 4) is 11.3 Å². The lowest BCUT2D eigenvalue weighted by molar-refractivity contribution is -0.384. The number of aromatic nitrogens is 4. The lowest BCUT2D eigenvalue weighted by atomic mass is 10.1. The van der Waals surface area contributed by atoms with Gasteiger partial charge < -0.3 is 4.74 Å². The van der Waals surface area contributed by atoms with Gasteiger partial charge in [-0.3, -0.25) is 10.1 Å². The highest BCUT2D eigenvalue weighted by Gasteiger charge is 2.11. The van der Waals surface area contributed by atoms with Gasteiger partial charge in [-0.2, -0.15) is 9.61 Å². The summed E-state index contributed by atoms with van der Waals surface area (Å²) < 4.78 is 6.65. The maximum absolute atomic E-state index is 10.9. The third-order valence-corrected chi connectivity index (χ3v) is 3.99. The van der Waals surface area contributed by atoms with E-state index in [9.17, 15) is 10.1 Å². The van der Waals surface area contributed by atoms with Crippen LogP contribution in [0.3, 0.4) is 0 Å². The molecular weight excluding hydrogens is 318 g/mol. The fourth-order valence-electron chi connectivity index (χ4n) is 2.01. The molecule has 0 saturated heterocycles. The minimum Gasteiger partial charge on any atom is -0.384 e. The Hall–Kier alpha value is -2.52. The molecule has 0 N–H and O–H groups in total. The third kappa shape index (κ3) is 3.30. The van der Waals surface area contributed by atoms with Crippen molar-refractivity contribution in [3.63, 3.8) is 0 Å². The van der Waals surface area contributed by atoms with Gasteiger partial charge in [0.2, 0.25) is 5.16 Å². The molecule has 0 amide bonds. The number of non-ortho nitro benzene ring substituents is 1. The van der Waals surface area contributed by atoms with Crippen molar-refractivity contribution < 1.29 is 9.66 Å². The molecule has 23 heavy (non-hydrogen) atoms. The van der Waals surface area contributed by atoms with Crippen LogP contribution in [0.5, 0.6) is 0 Å². The Bertz CT molecular complexity index is 851. The first kappa shape index (κ1) is 15.4. The van der Waals surface area contributed by atoms with E-state index in [1.54, 1.807) is 35.9 Å². The van der Waals surface area contributed by atoms with E-state index >= 15 is 0 Å². The molecule has 0 spiro atoms. The van der Waals surface area contributed by atoms with Gasteiger partial charge in [0.1, 0.15) is 0 Å². The van der Waals surface area contributed by atoms with E-state index in [1.165, 1.54) is 23.9 Å². The predicted molar refractivity (Wildman–Crippen MR) is 85.5 cm³/mol. The zero-order valence-electron chi connectivity index (χ0n) is 12.2. The maximum Gasteiger partial charge on any atom is 0.270 e. The first-order chi connectivity index (χ1) is 11.2. The minimum atomic E-state index is -0.424. The standard InChI is InChI=1S/C14H13N5O3S/c1-22-7-8-23-14-16-15-13-6-5-12(17-18(13)14)10-3-2-4-11(9-10)19(20)21/h2-6,9H,7-8H2,1H3. The van der Waals surface area contributed by atoms with Crippen LogP contribution >= 0.6 is 11.8 Å². The Morgan fingerprint density at radius 3 is 2.96 bits per heavy atom. The predicted octanol–water partition coefficient (Wildman–Crippen LogP) is 2.44. The number of benzene rings is 1. The summed E-state index contributed by atoms with van der Waals surface area (Å²) in [5, 5.41) is 24.2. The molecule has 0 aliphatic carbocycles. The molecular formula is C14H13N5O3S. The van der Waals surface area contributed by atoms with Gasteiger partial charge in [0, 0.05) is 30.6 Å². The maximum atomic E-state index is 10.9. The molecule has 9 heteroatoms. The van der Waals surface area contributed by atoms with Gasteiger partial charge in [-0.1, -0.05) is 23.9 Å². The quantitative estimate of drug-likeness (QED) is 0.296. The van der Waals surface area contributed by atoms with Gasteiger partial charge >= 0.3 is 0 Å². The summed E-state index contributed by atoms with van der Waals surface area (Å²) in [6.45, 7) is 0.601. The smallest absolute Gasteiger partial charge is 0.270 e. The van der Waals surface area contributed by atoms with Crippen LogP contribution in [-0.4, -0.2) is 44.2 Å². The highest BCUT2D eigenvalue weighted by Crippen LogP contribution is 2.23. The van der Waals surface area contributed by atoms with E-state index in [4.69, 9.17) is 4.74 Å². The summed E-state index contributed by atoms with van der Waals surface area (Å²) in [6.07, 6.45) is 0. The Labute approximate surface area is 135 Å². The number of nitro groups is 1.